The number of nitrogens with two attached hydrogens (primary N) is 1. The summed E-state index contributed by atoms with van der Waals surface area (Å²) >= 11 is 2.98. The summed E-state index contributed by atoms with van der Waals surface area (Å²) in [7, 11) is -2.98. The molecule has 2 heterocycles. The highest BCUT2D eigenvalue weighted by atomic mass is 32.2. The summed E-state index contributed by atoms with van der Waals surface area (Å²) in [5.41, 5.74) is 9.25. The van der Waals surface area contributed by atoms with Crippen molar-refractivity contribution in [3.05, 3.63) is 22.0 Å². The number of rotatable bonds is 5. The molecule has 0 aliphatic heterocycles. The Hall–Kier alpha value is -0.830. The third-order valence-corrected chi connectivity index (χ3v) is 4.80. The van der Waals surface area contributed by atoms with E-state index < -0.39 is 9.84 Å². The first-order valence-corrected chi connectivity index (χ1v) is 9.11. The second-order valence-electron chi connectivity index (χ2n) is 3.98. The summed E-state index contributed by atoms with van der Waals surface area (Å²) in [6.45, 7) is 0. The van der Waals surface area contributed by atoms with E-state index in [0.717, 1.165) is 16.4 Å². The summed E-state index contributed by atoms with van der Waals surface area (Å²) in [5, 5.41) is 4.60. The molecular formula is C10H13N3O2S3. The molecule has 0 amide bonds. The zero-order valence-electron chi connectivity index (χ0n) is 9.74. The average molecular weight is 303 g/mol. The van der Waals surface area contributed by atoms with Crippen molar-refractivity contribution in [1.29, 1.82) is 0 Å². The third kappa shape index (κ3) is 3.58. The van der Waals surface area contributed by atoms with Crippen molar-refractivity contribution in [2.45, 2.75) is 12.5 Å². The van der Waals surface area contributed by atoms with Crippen molar-refractivity contribution in [3.63, 3.8) is 0 Å². The first-order valence-electron chi connectivity index (χ1n) is 5.23. The van der Waals surface area contributed by atoms with E-state index in [2.05, 4.69) is 9.97 Å². The predicted octanol–water partition coefficient (Wildman–Crippen LogP) is 1.70. The molecule has 0 aliphatic rings. The van der Waals surface area contributed by atoms with E-state index in [1.165, 1.54) is 28.9 Å². The predicted molar refractivity (Wildman–Crippen MR) is 74.5 cm³/mol. The Morgan fingerprint density at radius 2 is 2.22 bits per heavy atom. The van der Waals surface area contributed by atoms with Crippen LogP contribution in [0.5, 0.6) is 0 Å². The molecule has 98 valence electrons. The Bertz CT molecular complexity index is 604. The first kappa shape index (κ1) is 13.6. The van der Waals surface area contributed by atoms with E-state index >= 15 is 0 Å². The van der Waals surface area contributed by atoms with Crippen LogP contribution in [0.25, 0.3) is 10.7 Å². The van der Waals surface area contributed by atoms with E-state index in [1.807, 2.05) is 10.8 Å². The number of nitrogens with zero attached hydrogens (tertiary/aromatic N) is 2. The van der Waals surface area contributed by atoms with Gasteiger partial charge < -0.3 is 5.73 Å². The van der Waals surface area contributed by atoms with Crippen LogP contribution in [0.1, 0.15) is 18.2 Å². The van der Waals surface area contributed by atoms with Gasteiger partial charge >= 0.3 is 0 Å². The molecular weight excluding hydrogens is 290 g/mol. The minimum atomic E-state index is -2.98. The number of aromatic nitrogens is 2. The van der Waals surface area contributed by atoms with E-state index in [1.54, 1.807) is 5.51 Å². The van der Waals surface area contributed by atoms with Crippen molar-refractivity contribution in [2.75, 3.05) is 12.0 Å². The van der Waals surface area contributed by atoms with E-state index in [-0.39, 0.29) is 11.8 Å². The maximum atomic E-state index is 11.1. The van der Waals surface area contributed by atoms with Crippen LogP contribution in [0.15, 0.2) is 16.3 Å². The van der Waals surface area contributed by atoms with Crippen LogP contribution < -0.4 is 5.73 Å². The van der Waals surface area contributed by atoms with Crippen LogP contribution in [-0.2, 0) is 9.84 Å². The van der Waals surface area contributed by atoms with Crippen LogP contribution in [0.4, 0.5) is 0 Å². The summed E-state index contributed by atoms with van der Waals surface area (Å²) in [6, 6.07) is -0.344. The van der Waals surface area contributed by atoms with Gasteiger partial charge in [0.1, 0.15) is 20.5 Å². The minimum Gasteiger partial charge on any atom is -0.323 e. The van der Waals surface area contributed by atoms with Crippen molar-refractivity contribution in [3.8, 4) is 10.7 Å². The van der Waals surface area contributed by atoms with E-state index in [4.69, 9.17) is 5.73 Å². The molecule has 0 fully saturated rings. The fourth-order valence-corrected chi connectivity index (χ4v) is 3.52. The van der Waals surface area contributed by atoms with Crippen LogP contribution >= 0.6 is 22.7 Å². The Labute approximate surface area is 114 Å². The van der Waals surface area contributed by atoms with E-state index in [9.17, 15) is 8.42 Å². The Morgan fingerprint density at radius 3 is 2.83 bits per heavy atom. The third-order valence-electron chi connectivity index (χ3n) is 2.35. The van der Waals surface area contributed by atoms with Gasteiger partial charge in [-0.15, -0.1) is 22.7 Å². The Kier molecular flexibility index (Phi) is 4.10. The lowest BCUT2D eigenvalue weighted by atomic mass is 10.2. The van der Waals surface area contributed by atoms with Crippen LogP contribution in [0.2, 0.25) is 0 Å². The second-order valence-corrected chi connectivity index (χ2v) is 7.81. The lowest BCUT2D eigenvalue weighted by Crippen LogP contribution is -2.15. The molecule has 1 unspecified atom stereocenters. The van der Waals surface area contributed by atoms with Gasteiger partial charge in [0.25, 0.3) is 0 Å². The quantitative estimate of drug-likeness (QED) is 0.908. The smallest absolute Gasteiger partial charge is 0.147 e. The summed E-state index contributed by atoms with van der Waals surface area (Å²) < 4.78 is 22.2. The maximum absolute atomic E-state index is 11.1. The number of sulfone groups is 1. The summed E-state index contributed by atoms with van der Waals surface area (Å²) in [4.78, 5) is 8.57. The zero-order valence-corrected chi connectivity index (χ0v) is 12.2. The standard InChI is InChI=1S/C10H13N3O2S3/c1-18(14,15)3-2-7(11)8-5-17-10(13-8)9-4-16-6-12-9/h4-7H,2-3,11H2,1H3. The highest BCUT2D eigenvalue weighted by molar-refractivity contribution is 7.90. The zero-order chi connectivity index (χ0) is 13.2. The van der Waals surface area contributed by atoms with Crippen LogP contribution in [0, 0.1) is 0 Å². The fraction of sp³-hybridized carbons (Fsp3) is 0.400. The van der Waals surface area contributed by atoms with Crippen LogP contribution in [0.3, 0.4) is 0 Å². The van der Waals surface area contributed by atoms with Gasteiger partial charge in [-0.25, -0.2) is 18.4 Å². The largest absolute Gasteiger partial charge is 0.323 e. The van der Waals surface area contributed by atoms with Gasteiger partial charge in [0.15, 0.2) is 0 Å². The Balaban J connectivity index is 2.06. The molecule has 0 aliphatic carbocycles. The minimum absolute atomic E-state index is 0.0811. The number of hydrogen-bond donors (Lipinski definition) is 1. The molecule has 0 radical (unpaired) electrons. The van der Waals surface area contributed by atoms with Gasteiger partial charge in [-0.2, -0.15) is 0 Å². The summed E-state index contributed by atoms with van der Waals surface area (Å²) in [6.07, 6.45) is 1.60. The van der Waals surface area contributed by atoms with Gasteiger partial charge in [-0.1, -0.05) is 0 Å². The first-order chi connectivity index (χ1) is 8.46. The molecule has 5 nitrogen and oxygen atoms in total. The normalized spacial score (nSPS) is 13.7. The highest BCUT2D eigenvalue weighted by Crippen LogP contribution is 2.26. The highest BCUT2D eigenvalue weighted by Gasteiger charge is 2.14. The monoisotopic (exact) mass is 303 g/mol. The van der Waals surface area contributed by atoms with Crippen molar-refractivity contribution < 1.29 is 8.42 Å². The molecule has 2 N–H and O–H groups in total. The molecule has 0 saturated carbocycles. The SMILES string of the molecule is CS(=O)(=O)CCC(N)c1csc(-c2cscn2)n1. The van der Waals surface area contributed by atoms with Gasteiger partial charge in [-0.3, -0.25) is 0 Å². The Morgan fingerprint density at radius 1 is 1.44 bits per heavy atom. The molecule has 2 aromatic rings. The molecule has 2 aromatic heterocycles. The van der Waals surface area contributed by atoms with Gasteiger partial charge in [-0.05, 0) is 6.42 Å². The molecule has 0 saturated heterocycles. The second kappa shape index (κ2) is 5.43. The van der Waals surface area contributed by atoms with Gasteiger partial charge in [0.2, 0.25) is 0 Å². The van der Waals surface area contributed by atoms with E-state index in [0.29, 0.717) is 6.42 Å². The molecule has 0 spiro atoms. The fourth-order valence-electron chi connectivity index (χ4n) is 1.38. The molecule has 1 atom stereocenters. The van der Waals surface area contributed by atoms with Crippen molar-refractivity contribution >= 4 is 32.5 Å². The molecule has 8 heteroatoms. The molecule has 18 heavy (non-hydrogen) atoms. The summed E-state index contributed by atoms with van der Waals surface area (Å²) in [5.74, 6) is 0.0811. The van der Waals surface area contributed by atoms with Gasteiger partial charge in [0, 0.05) is 23.1 Å². The number of thiazole rings is 2. The molecule has 0 bridgehead atoms. The number of hydrogen-bond acceptors (Lipinski definition) is 7. The average Bonchev–Trinajstić information content (AvgIpc) is 2.94. The topological polar surface area (TPSA) is 85.9 Å². The van der Waals surface area contributed by atoms with Gasteiger partial charge in [0.05, 0.1) is 17.0 Å². The lowest BCUT2D eigenvalue weighted by Gasteiger charge is -2.07. The molecule has 2 rings (SSSR count). The van der Waals surface area contributed by atoms with Crippen molar-refractivity contribution in [2.24, 2.45) is 5.73 Å². The lowest BCUT2D eigenvalue weighted by molar-refractivity contribution is 0.590. The molecule has 0 aromatic carbocycles. The van der Waals surface area contributed by atoms with Crippen LogP contribution in [-0.4, -0.2) is 30.4 Å². The maximum Gasteiger partial charge on any atom is 0.147 e. The van der Waals surface area contributed by atoms with Crippen molar-refractivity contribution in [1.82, 2.24) is 9.97 Å².